The Morgan fingerprint density at radius 2 is 2.17 bits per heavy atom. The van der Waals surface area contributed by atoms with Crippen molar-refractivity contribution in [2.45, 2.75) is 52.1 Å². The average Bonchev–Trinajstić information content (AvgIpc) is 2.69. The molecule has 0 aromatic carbocycles. The molecule has 2 heterocycles. The lowest BCUT2D eigenvalue weighted by atomic mass is 9.98. The van der Waals surface area contributed by atoms with E-state index in [0.29, 0.717) is 0 Å². The van der Waals surface area contributed by atoms with E-state index < -0.39 is 0 Å². The molecule has 0 saturated carbocycles. The third-order valence-corrected chi connectivity index (χ3v) is 4.84. The Bertz CT molecular complexity index is 403. The van der Waals surface area contributed by atoms with Crippen molar-refractivity contribution in [2.75, 3.05) is 19.6 Å². The van der Waals surface area contributed by atoms with Crippen LogP contribution >= 0.6 is 11.3 Å². The molecule has 1 saturated heterocycles. The highest BCUT2D eigenvalue weighted by Gasteiger charge is 2.30. The van der Waals surface area contributed by atoms with Crippen molar-refractivity contribution in [1.29, 1.82) is 0 Å². The number of hydrogen-bond donors (Lipinski definition) is 1. The fourth-order valence-electron chi connectivity index (χ4n) is 2.24. The summed E-state index contributed by atoms with van der Waals surface area (Å²) < 4.78 is 0. The monoisotopic (exact) mass is 267 g/mol. The lowest BCUT2D eigenvalue weighted by Crippen LogP contribution is -2.57. The van der Waals surface area contributed by atoms with Gasteiger partial charge >= 0.3 is 0 Å². The van der Waals surface area contributed by atoms with E-state index >= 15 is 0 Å². The van der Waals surface area contributed by atoms with E-state index in [9.17, 15) is 0 Å². The molecule has 1 aromatic heterocycles. The molecular weight excluding hydrogens is 242 g/mol. The molecule has 0 spiro atoms. The SMILES string of the molecule is CC(C)(C)c1nc(CN2CCNCC2(C)C)cs1. The van der Waals surface area contributed by atoms with Gasteiger partial charge in [-0.3, -0.25) is 4.90 Å². The topological polar surface area (TPSA) is 28.2 Å². The van der Waals surface area contributed by atoms with Crippen LogP contribution in [0.5, 0.6) is 0 Å². The molecule has 1 fully saturated rings. The van der Waals surface area contributed by atoms with Gasteiger partial charge in [-0.2, -0.15) is 0 Å². The Kier molecular flexibility index (Phi) is 3.81. The Balaban J connectivity index is 2.07. The molecule has 3 nitrogen and oxygen atoms in total. The van der Waals surface area contributed by atoms with E-state index in [0.717, 1.165) is 26.2 Å². The molecule has 0 atom stereocenters. The zero-order valence-corrected chi connectivity index (χ0v) is 13.0. The minimum absolute atomic E-state index is 0.169. The van der Waals surface area contributed by atoms with Crippen molar-refractivity contribution < 1.29 is 0 Å². The van der Waals surface area contributed by atoms with Gasteiger partial charge in [-0.1, -0.05) is 20.8 Å². The normalized spacial score (nSPS) is 21.2. The highest BCUT2D eigenvalue weighted by Crippen LogP contribution is 2.27. The predicted octanol–water partition coefficient (Wildman–Crippen LogP) is 2.62. The van der Waals surface area contributed by atoms with E-state index in [1.165, 1.54) is 10.7 Å². The number of thiazole rings is 1. The largest absolute Gasteiger partial charge is 0.314 e. The highest BCUT2D eigenvalue weighted by atomic mass is 32.1. The zero-order chi connectivity index (χ0) is 13.4. The van der Waals surface area contributed by atoms with E-state index in [2.05, 4.69) is 50.2 Å². The summed E-state index contributed by atoms with van der Waals surface area (Å²) in [4.78, 5) is 7.33. The van der Waals surface area contributed by atoms with Gasteiger partial charge < -0.3 is 5.32 Å². The first kappa shape index (κ1) is 14.0. The molecule has 1 aliphatic heterocycles. The fourth-order valence-corrected chi connectivity index (χ4v) is 3.13. The summed E-state index contributed by atoms with van der Waals surface area (Å²) in [5.41, 5.74) is 1.62. The van der Waals surface area contributed by atoms with Crippen molar-refractivity contribution in [3.05, 3.63) is 16.1 Å². The second-order valence-corrected chi connectivity index (χ2v) is 7.66. The minimum atomic E-state index is 0.169. The van der Waals surface area contributed by atoms with E-state index in [4.69, 9.17) is 4.98 Å². The van der Waals surface area contributed by atoms with Crippen LogP contribution in [0.3, 0.4) is 0 Å². The Morgan fingerprint density at radius 1 is 1.44 bits per heavy atom. The smallest absolute Gasteiger partial charge is 0.0982 e. The van der Waals surface area contributed by atoms with Crippen LogP contribution < -0.4 is 5.32 Å². The van der Waals surface area contributed by atoms with Crippen molar-refractivity contribution in [2.24, 2.45) is 0 Å². The van der Waals surface area contributed by atoms with Gasteiger partial charge in [0.1, 0.15) is 0 Å². The van der Waals surface area contributed by atoms with Crippen molar-refractivity contribution in [1.82, 2.24) is 15.2 Å². The third-order valence-electron chi connectivity index (χ3n) is 3.52. The van der Waals surface area contributed by atoms with Crippen LogP contribution in [0.4, 0.5) is 0 Å². The first-order valence-electron chi connectivity index (χ1n) is 6.70. The van der Waals surface area contributed by atoms with E-state index in [1.807, 2.05) is 0 Å². The Labute approximate surface area is 115 Å². The lowest BCUT2D eigenvalue weighted by Gasteiger charge is -2.42. The molecule has 18 heavy (non-hydrogen) atoms. The summed E-state index contributed by atoms with van der Waals surface area (Å²) in [6, 6.07) is 0. The molecule has 0 radical (unpaired) electrons. The van der Waals surface area contributed by atoms with Crippen LogP contribution in [0.25, 0.3) is 0 Å². The predicted molar refractivity (Wildman–Crippen MR) is 78.2 cm³/mol. The molecule has 1 aliphatic rings. The van der Waals surface area contributed by atoms with Crippen LogP contribution in [0.1, 0.15) is 45.3 Å². The molecule has 0 amide bonds. The maximum atomic E-state index is 4.80. The Morgan fingerprint density at radius 3 is 2.72 bits per heavy atom. The van der Waals surface area contributed by atoms with Crippen molar-refractivity contribution in [3.8, 4) is 0 Å². The van der Waals surface area contributed by atoms with Crippen molar-refractivity contribution >= 4 is 11.3 Å². The summed E-state index contributed by atoms with van der Waals surface area (Å²) in [5, 5.41) is 6.92. The lowest BCUT2D eigenvalue weighted by molar-refractivity contribution is 0.0815. The molecule has 102 valence electrons. The van der Waals surface area contributed by atoms with Gasteiger partial charge in [0, 0.05) is 42.5 Å². The summed E-state index contributed by atoms with van der Waals surface area (Å²) in [5.74, 6) is 0. The van der Waals surface area contributed by atoms with Crippen LogP contribution in [0, 0.1) is 0 Å². The summed E-state index contributed by atoms with van der Waals surface area (Å²) in [6.07, 6.45) is 0. The van der Waals surface area contributed by atoms with Gasteiger partial charge in [-0.25, -0.2) is 4.98 Å². The van der Waals surface area contributed by atoms with Gasteiger partial charge in [0.2, 0.25) is 0 Å². The van der Waals surface area contributed by atoms with Crippen LogP contribution in [0.15, 0.2) is 5.38 Å². The number of hydrogen-bond acceptors (Lipinski definition) is 4. The molecule has 2 rings (SSSR count). The number of piperazine rings is 1. The quantitative estimate of drug-likeness (QED) is 0.893. The Hall–Kier alpha value is -0.450. The van der Waals surface area contributed by atoms with Gasteiger partial charge in [-0.05, 0) is 13.8 Å². The molecule has 1 aromatic rings. The summed E-state index contributed by atoms with van der Waals surface area (Å²) in [7, 11) is 0. The molecule has 4 heteroatoms. The van der Waals surface area contributed by atoms with Gasteiger partial charge in [0.15, 0.2) is 0 Å². The van der Waals surface area contributed by atoms with Crippen LogP contribution in [-0.2, 0) is 12.0 Å². The standard InChI is InChI=1S/C14H25N3S/c1-13(2,3)12-16-11(9-18-12)8-17-7-6-15-10-14(17,4)5/h9,15H,6-8,10H2,1-5H3. The zero-order valence-electron chi connectivity index (χ0n) is 12.2. The van der Waals surface area contributed by atoms with Crippen LogP contribution in [-0.4, -0.2) is 35.1 Å². The summed E-state index contributed by atoms with van der Waals surface area (Å²) in [6.45, 7) is 15.5. The maximum absolute atomic E-state index is 4.80. The van der Waals surface area contributed by atoms with Gasteiger partial charge in [0.05, 0.1) is 10.7 Å². The third kappa shape index (κ3) is 3.11. The van der Waals surface area contributed by atoms with Crippen LogP contribution in [0.2, 0.25) is 0 Å². The molecular formula is C14H25N3S. The number of nitrogens with one attached hydrogen (secondary N) is 1. The summed E-state index contributed by atoms with van der Waals surface area (Å²) >= 11 is 1.79. The number of nitrogens with zero attached hydrogens (tertiary/aromatic N) is 2. The minimum Gasteiger partial charge on any atom is -0.314 e. The van der Waals surface area contributed by atoms with Gasteiger partial charge in [-0.15, -0.1) is 11.3 Å². The molecule has 0 aliphatic carbocycles. The second-order valence-electron chi connectivity index (χ2n) is 6.80. The van der Waals surface area contributed by atoms with Crippen molar-refractivity contribution in [3.63, 3.8) is 0 Å². The van der Waals surface area contributed by atoms with E-state index in [-0.39, 0.29) is 11.0 Å². The average molecular weight is 267 g/mol. The van der Waals surface area contributed by atoms with E-state index in [1.54, 1.807) is 11.3 Å². The number of rotatable bonds is 2. The highest BCUT2D eigenvalue weighted by molar-refractivity contribution is 7.09. The van der Waals surface area contributed by atoms with Gasteiger partial charge in [0.25, 0.3) is 0 Å². The molecule has 1 N–H and O–H groups in total. The number of aromatic nitrogens is 1. The molecule has 0 unspecified atom stereocenters. The maximum Gasteiger partial charge on any atom is 0.0982 e. The first-order valence-corrected chi connectivity index (χ1v) is 7.58. The second kappa shape index (κ2) is 4.91. The first-order chi connectivity index (χ1) is 8.29. The molecule has 0 bridgehead atoms. The fraction of sp³-hybridized carbons (Fsp3) is 0.786.